The molecule has 1 amide bonds. The van der Waals surface area contributed by atoms with Crippen LogP contribution < -0.4 is 10.9 Å². The Morgan fingerprint density at radius 1 is 1.48 bits per heavy atom. The van der Waals surface area contributed by atoms with Gasteiger partial charge < -0.3 is 10.3 Å². The molecule has 21 heavy (non-hydrogen) atoms. The fourth-order valence-corrected chi connectivity index (χ4v) is 2.56. The Kier molecular flexibility index (Phi) is 5.03. The molecule has 9 heteroatoms. The molecule has 2 aromatic heterocycles. The van der Waals surface area contributed by atoms with Crippen LogP contribution in [-0.4, -0.2) is 38.4 Å². The lowest BCUT2D eigenvalue weighted by molar-refractivity contribution is 0.0954. The smallest absolute Gasteiger partial charge is 0.261 e. The summed E-state index contributed by atoms with van der Waals surface area (Å²) in [6, 6.07) is 0. The van der Waals surface area contributed by atoms with Crippen molar-refractivity contribution in [1.82, 2.24) is 25.5 Å². The topological polar surface area (TPSA) is 104 Å². The van der Waals surface area contributed by atoms with Crippen molar-refractivity contribution in [1.29, 1.82) is 0 Å². The number of pyridine rings is 1. The predicted octanol–water partition coefficient (Wildman–Crippen LogP) is 1.29. The summed E-state index contributed by atoms with van der Waals surface area (Å²) in [6.45, 7) is 3.74. The average Bonchev–Trinajstić information content (AvgIpc) is 2.94. The number of nitrogens with zero attached hydrogens (tertiary/aromatic N) is 2. The van der Waals surface area contributed by atoms with Crippen molar-refractivity contribution < 1.29 is 4.79 Å². The maximum absolute atomic E-state index is 12.1. The van der Waals surface area contributed by atoms with Crippen LogP contribution in [0, 0.1) is 13.8 Å². The highest BCUT2D eigenvalue weighted by atomic mass is 35.5. The molecule has 0 aliphatic heterocycles. The number of halogens is 1. The van der Waals surface area contributed by atoms with Gasteiger partial charge in [-0.2, -0.15) is 5.10 Å². The minimum absolute atomic E-state index is 0.0512. The zero-order valence-electron chi connectivity index (χ0n) is 11.5. The van der Waals surface area contributed by atoms with E-state index in [1.807, 2.05) is 0 Å². The molecule has 0 atom stereocenters. The second kappa shape index (κ2) is 6.77. The number of aromatic nitrogens is 4. The summed E-state index contributed by atoms with van der Waals surface area (Å²) in [4.78, 5) is 30.5. The van der Waals surface area contributed by atoms with Crippen LogP contribution in [0.1, 0.15) is 21.6 Å². The van der Waals surface area contributed by atoms with Gasteiger partial charge in [0, 0.05) is 18.0 Å². The Hall–Kier alpha value is -1.80. The molecule has 0 fully saturated rings. The Morgan fingerprint density at radius 2 is 2.24 bits per heavy atom. The fourth-order valence-electron chi connectivity index (χ4n) is 1.79. The average molecular weight is 328 g/mol. The first-order chi connectivity index (χ1) is 10.0. The summed E-state index contributed by atoms with van der Waals surface area (Å²) in [6.07, 6.45) is 1.41. The summed E-state index contributed by atoms with van der Waals surface area (Å²) in [5.41, 5.74) is 0.653. The number of carbonyl (C=O) groups is 1. The van der Waals surface area contributed by atoms with Gasteiger partial charge in [0.2, 0.25) is 0 Å². The van der Waals surface area contributed by atoms with Gasteiger partial charge in [0.25, 0.3) is 11.5 Å². The number of thioether (sulfide) groups is 1. The summed E-state index contributed by atoms with van der Waals surface area (Å²) >= 11 is 7.48. The summed E-state index contributed by atoms with van der Waals surface area (Å²) < 4.78 is 0. The molecule has 0 unspecified atom stereocenters. The molecule has 0 radical (unpaired) electrons. The standard InChI is InChI=1S/C12H14ClN5O2S/c1-6-8(11(20)17-7(2)9(6)13)10(19)14-3-4-21-12-15-5-16-18-12/h5H,3-4H2,1-2H3,(H,14,19)(H,17,20)(H,15,16,18). The number of nitrogens with one attached hydrogen (secondary N) is 3. The molecule has 0 saturated heterocycles. The lowest BCUT2D eigenvalue weighted by Crippen LogP contribution is -2.32. The highest BCUT2D eigenvalue weighted by Gasteiger charge is 2.17. The molecule has 112 valence electrons. The Bertz CT molecular complexity index is 698. The number of hydrogen-bond acceptors (Lipinski definition) is 5. The Balaban J connectivity index is 1.98. The van der Waals surface area contributed by atoms with Crippen molar-refractivity contribution in [2.75, 3.05) is 12.3 Å². The molecule has 0 spiro atoms. The predicted molar refractivity (Wildman–Crippen MR) is 81.0 cm³/mol. The number of rotatable bonds is 5. The number of amides is 1. The van der Waals surface area contributed by atoms with Crippen LogP contribution in [0.15, 0.2) is 16.3 Å². The van der Waals surface area contributed by atoms with Gasteiger partial charge in [0.15, 0.2) is 5.16 Å². The molecule has 2 rings (SSSR count). The third kappa shape index (κ3) is 3.64. The van der Waals surface area contributed by atoms with Crippen LogP contribution in [0.5, 0.6) is 0 Å². The van der Waals surface area contributed by atoms with E-state index in [0.717, 1.165) is 0 Å². The van der Waals surface area contributed by atoms with Gasteiger partial charge in [-0.1, -0.05) is 23.4 Å². The van der Waals surface area contributed by atoms with Crippen LogP contribution in [0.3, 0.4) is 0 Å². The maximum Gasteiger partial charge on any atom is 0.261 e. The van der Waals surface area contributed by atoms with Crippen LogP contribution in [0.4, 0.5) is 0 Å². The first-order valence-corrected chi connectivity index (χ1v) is 7.52. The quantitative estimate of drug-likeness (QED) is 0.567. The largest absolute Gasteiger partial charge is 0.351 e. The highest BCUT2D eigenvalue weighted by molar-refractivity contribution is 7.99. The van der Waals surface area contributed by atoms with E-state index >= 15 is 0 Å². The van der Waals surface area contributed by atoms with E-state index in [1.54, 1.807) is 13.8 Å². The molecular weight excluding hydrogens is 314 g/mol. The Morgan fingerprint density at radius 3 is 2.90 bits per heavy atom. The normalized spacial score (nSPS) is 10.6. The molecule has 0 aromatic carbocycles. The van der Waals surface area contributed by atoms with E-state index in [9.17, 15) is 9.59 Å². The molecule has 7 nitrogen and oxygen atoms in total. The first kappa shape index (κ1) is 15.6. The van der Waals surface area contributed by atoms with Gasteiger partial charge in [-0.25, -0.2) is 4.98 Å². The minimum atomic E-state index is -0.436. The number of H-pyrrole nitrogens is 2. The summed E-state index contributed by atoms with van der Waals surface area (Å²) in [5.74, 6) is 0.172. The molecule has 0 bridgehead atoms. The zero-order valence-corrected chi connectivity index (χ0v) is 13.1. The van der Waals surface area contributed by atoms with Crippen LogP contribution >= 0.6 is 23.4 Å². The van der Waals surface area contributed by atoms with Crippen LogP contribution in [-0.2, 0) is 0 Å². The van der Waals surface area contributed by atoms with Gasteiger partial charge in [-0.05, 0) is 19.4 Å². The highest BCUT2D eigenvalue weighted by Crippen LogP contribution is 2.18. The van der Waals surface area contributed by atoms with Gasteiger partial charge in [0.1, 0.15) is 11.9 Å². The van der Waals surface area contributed by atoms with E-state index in [0.29, 0.717) is 33.7 Å². The van der Waals surface area contributed by atoms with Gasteiger partial charge >= 0.3 is 0 Å². The van der Waals surface area contributed by atoms with Crippen molar-refractivity contribution in [2.24, 2.45) is 0 Å². The molecule has 0 aliphatic rings. The van der Waals surface area contributed by atoms with Gasteiger partial charge in [-0.15, -0.1) is 0 Å². The molecule has 2 heterocycles. The van der Waals surface area contributed by atoms with Crippen molar-refractivity contribution in [3.8, 4) is 0 Å². The third-order valence-electron chi connectivity index (χ3n) is 2.81. The number of carbonyl (C=O) groups excluding carboxylic acids is 1. The van der Waals surface area contributed by atoms with E-state index in [1.165, 1.54) is 18.1 Å². The molecular formula is C12H14ClN5O2S. The monoisotopic (exact) mass is 327 g/mol. The summed E-state index contributed by atoms with van der Waals surface area (Å²) in [5, 5.41) is 10.2. The molecule has 3 N–H and O–H groups in total. The second-order valence-electron chi connectivity index (χ2n) is 4.29. The van der Waals surface area contributed by atoms with Crippen LogP contribution in [0.25, 0.3) is 0 Å². The summed E-state index contributed by atoms with van der Waals surface area (Å²) in [7, 11) is 0. The Labute approximate surface area is 129 Å². The van der Waals surface area contributed by atoms with E-state index < -0.39 is 11.5 Å². The van der Waals surface area contributed by atoms with Gasteiger partial charge in [-0.3, -0.25) is 14.7 Å². The van der Waals surface area contributed by atoms with Gasteiger partial charge in [0.05, 0.1) is 5.02 Å². The lowest BCUT2D eigenvalue weighted by Gasteiger charge is -2.09. The first-order valence-electron chi connectivity index (χ1n) is 6.16. The zero-order chi connectivity index (χ0) is 15.4. The van der Waals surface area contributed by atoms with Crippen LogP contribution in [0.2, 0.25) is 5.02 Å². The van der Waals surface area contributed by atoms with Crippen molar-refractivity contribution in [3.63, 3.8) is 0 Å². The maximum atomic E-state index is 12.1. The lowest BCUT2D eigenvalue weighted by atomic mass is 10.1. The van der Waals surface area contributed by atoms with Crippen molar-refractivity contribution in [3.05, 3.63) is 38.5 Å². The number of aromatic amines is 2. The third-order valence-corrected chi connectivity index (χ3v) is 4.25. The van der Waals surface area contributed by atoms with Crippen molar-refractivity contribution >= 4 is 29.3 Å². The van der Waals surface area contributed by atoms with E-state index in [2.05, 4.69) is 25.5 Å². The van der Waals surface area contributed by atoms with E-state index in [4.69, 9.17) is 11.6 Å². The molecule has 0 saturated carbocycles. The van der Waals surface area contributed by atoms with E-state index in [-0.39, 0.29) is 5.56 Å². The fraction of sp³-hybridized carbons (Fsp3) is 0.333. The molecule has 2 aromatic rings. The minimum Gasteiger partial charge on any atom is -0.351 e. The van der Waals surface area contributed by atoms with Crippen molar-refractivity contribution in [2.45, 2.75) is 19.0 Å². The number of hydrogen-bond donors (Lipinski definition) is 3. The SMILES string of the molecule is Cc1[nH]c(=O)c(C(=O)NCCSc2ncn[nH]2)c(C)c1Cl. The molecule has 0 aliphatic carbocycles. The second-order valence-corrected chi connectivity index (χ2v) is 5.75. The number of aryl methyl sites for hydroxylation is 1.